The van der Waals surface area contributed by atoms with Crippen LogP contribution in [-0.2, 0) is 19.4 Å². The molecule has 17 heavy (non-hydrogen) atoms. The van der Waals surface area contributed by atoms with E-state index < -0.39 is 0 Å². The number of benzene rings is 1. The molecule has 88 valence electrons. The van der Waals surface area contributed by atoms with Crippen LogP contribution in [-0.4, -0.2) is 3.96 Å². The average molecular weight is 244 g/mol. The van der Waals surface area contributed by atoms with Gasteiger partial charge in [0.2, 0.25) is 0 Å². The highest BCUT2D eigenvalue weighted by Crippen LogP contribution is 2.21. The van der Waals surface area contributed by atoms with Crippen molar-refractivity contribution in [2.75, 3.05) is 0 Å². The monoisotopic (exact) mass is 244 g/mol. The van der Waals surface area contributed by atoms with Crippen molar-refractivity contribution in [2.45, 2.75) is 32.2 Å². The second kappa shape index (κ2) is 4.49. The Bertz CT molecular complexity index is 566. The summed E-state index contributed by atoms with van der Waals surface area (Å²) < 4.78 is 3.09. The molecule has 1 N–H and O–H groups in total. The Kier molecular flexibility index (Phi) is 2.85. The summed E-state index contributed by atoms with van der Waals surface area (Å²) in [7, 11) is 0. The first-order valence-corrected chi connectivity index (χ1v) is 6.92. The first-order chi connectivity index (χ1) is 8.34. The fraction of sp³-hybridized carbons (Fsp3) is 0.357. The first kappa shape index (κ1) is 10.8. The van der Waals surface area contributed by atoms with Gasteiger partial charge < -0.3 is 0 Å². The van der Waals surface area contributed by atoms with Crippen molar-refractivity contribution in [1.82, 2.24) is 3.96 Å². The zero-order valence-corrected chi connectivity index (χ0v) is 10.6. The molecule has 0 radical (unpaired) electrons. The molecule has 0 saturated carbocycles. The Morgan fingerprint density at radius 1 is 1.12 bits per heavy atom. The number of fused-ring (bicyclic) bond motifs is 1. The SMILES string of the molecule is N=c1sn(Cc2ccccc2)c2c1CCCC2. The van der Waals surface area contributed by atoms with Gasteiger partial charge in [-0.1, -0.05) is 30.3 Å². The van der Waals surface area contributed by atoms with E-state index in [-0.39, 0.29) is 0 Å². The predicted octanol–water partition coefficient (Wildman–Crippen LogP) is 2.96. The summed E-state index contributed by atoms with van der Waals surface area (Å²) in [5.74, 6) is 0. The fourth-order valence-corrected chi connectivity index (χ4v) is 3.58. The topological polar surface area (TPSA) is 28.8 Å². The van der Waals surface area contributed by atoms with Gasteiger partial charge in [-0.25, -0.2) is 0 Å². The number of aromatic nitrogens is 1. The van der Waals surface area contributed by atoms with E-state index >= 15 is 0 Å². The molecule has 1 aromatic heterocycles. The van der Waals surface area contributed by atoms with Gasteiger partial charge in [0, 0.05) is 11.3 Å². The van der Waals surface area contributed by atoms with Crippen LogP contribution in [0.5, 0.6) is 0 Å². The number of hydrogen-bond donors (Lipinski definition) is 1. The van der Waals surface area contributed by atoms with Crippen LogP contribution in [0.4, 0.5) is 0 Å². The third-order valence-corrected chi connectivity index (χ3v) is 4.38. The summed E-state index contributed by atoms with van der Waals surface area (Å²) >= 11 is 1.61. The van der Waals surface area contributed by atoms with E-state index in [1.807, 2.05) is 6.07 Å². The molecule has 0 amide bonds. The van der Waals surface area contributed by atoms with Crippen LogP contribution in [0.1, 0.15) is 29.7 Å². The molecule has 0 saturated heterocycles. The Hall–Kier alpha value is -1.35. The van der Waals surface area contributed by atoms with Gasteiger partial charge in [0.05, 0.1) is 6.54 Å². The highest BCUT2D eigenvalue weighted by Gasteiger charge is 2.16. The van der Waals surface area contributed by atoms with Gasteiger partial charge in [-0.3, -0.25) is 9.37 Å². The first-order valence-electron chi connectivity index (χ1n) is 6.15. The van der Waals surface area contributed by atoms with Crippen LogP contribution in [0, 0.1) is 5.41 Å². The van der Waals surface area contributed by atoms with Gasteiger partial charge in [-0.2, -0.15) is 0 Å². The van der Waals surface area contributed by atoms with Crippen molar-refractivity contribution in [3.05, 3.63) is 51.8 Å². The average Bonchev–Trinajstić information content (AvgIpc) is 2.69. The Morgan fingerprint density at radius 3 is 2.71 bits per heavy atom. The van der Waals surface area contributed by atoms with Crippen molar-refractivity contribution in [1.29, 1.82) is 5.41 Å². The van der Waals surface area contributed by atoms with Crippen molar-refractivity contribution in [3.63, 3.8) is 0 Å². The van der Waals surface area contributed by atoms with Crippen molar-refractivity contribution in [3.8, 4) is 0 Å². The smallest absolute Gasteiger partial charge is 0.129 e. The standard InChI is InChI=1S/C14H16N2S/c15-14-12-8-4-5-9-13(12)16(17-14)10-11-6-2-1-3-7-11/h1-3,6-7,15H,4-5,8-10H2. The molecule has 0 fully saturated rings. The summed E-state index contributed by atoms with van der Waals surface area (Å²) in [5.41, 5.74) is 4.04. The number of hydrogen-bond acceptors (Lipinski definition) is 2. The molecule has 0 unspecified atom stereocenters. The molecule has 2 aromatic rings. The van der Waals surface area contributed by atoms with Crippen LogP contribution in [0.3, 0.4) is 0 Å². The van der Waals surface area contributed by atoms with E-state index in [0.29, 0.717) is 0 Å². The van der Waals surface area contributed by atoms with Crippen LogP contribution >= 0.6 is 11.5 Å². The molecule has 1 aliphatic carbocycles. The number of nitrogens with zero attached hydrogens (tertiary/aromatic N) is 1. The largest absolute Gasteiger partial charge is 0.296 e. The lowest BCUT2D eigenvalue weighted by Gasteiger charge is -2.14. The lowest BCUT2D eigenvalue weighted by atomic mass is 9.98. The molecule has 0 aliphatic heterocycles. The molecule has 1 aromatic carbocycles. The van der Waals surface area contributed by atoms with Crippen LogP contribution in [0.25, 0.3) is 0 Å². The Labute approximate surface area is 105 Å². The van der Waals surface area contributed by atoms with Gasteiger partial charge in [0.15, 0.2) is 0 Å². The van der Waals surface area contributed by atoms with E-state index in [1.165, 1.54) is 29.7 Å². The number of rotatable bonds is 2. The minimum atomic E-state index is 0.774. The molecule has 2 nitrogen and oxygen atoms in total. The van der Waals surface area contributed by atoms with Crippen LogP contribution in [0.15, 0.2) is 30.3 Å². The highest BCUT2D eigenvalue weighted by molar-refractivity contribution is 7.03. The van der Waals surface area contributed by atoms with Crippen molar-refractivity contribution >= 4 is 11.5 Å². The molecular weight excluding hydrogens is 228 g/mol. The van der Waals surface area contributed by atoms with Crippen LogP contribution < -0.4 is 4.67 Å². The van der Waals surface area contributed by atoms with Gasteiger partial charge in [0.25, 0.3) is 0 Å². The maximum atomic E-state index is 8.03. The van der Waals surface area contributed by atoms with E-state index in [0.717, 1.165) is 24.1 Å². The molecule has 0 atom stereocenters. The van der Waals surface area contributed by atoms with Gasteiger partial charge in [0.1, 0.15) is 4.67 Å². The lowest BCUT2D eigenvalue weighted by molar-refractivity contribution is 0.640. The summed E-state index contributed by atoms with van der Waals surface area (Å²) in [4.78, 5) is 0. The highest BCUT2D eigenvalue weighted by atomic mass is 32.1. The quantitative estimate of drug-likeness (QED) is 0.841. The second-order valence-corrected chi connectivity index (χ2v) is 5.61. The second-order valence-electron chi connectivity index (χ2n) is 4.57. The zero-order valence-electron chi connectivity index (χ0n) is 9.78. The molecule has 0 bridgehead atoms. The van der Waals surface area contributed by atoms with Gasteiger partial charge in [-0.15, -0.1) is 0 Å². The summed E-state index contributed by atoms with van der Waals surface area (Å²) in [6.45, 7) is 0.923. The summed E-state index contributed by atoms with van der Waals surface area (Å²) in [6, 6.07) is 10.5. The van der Waals surface area contributed by atoms with E-state index in [9.17, 15) is 0 Å². The zero-order chi connectivity index (χ0) is 11.7. The van der Waals surface area contributed by atoms with E-state index in [1.54, 1.807) is 11.5 Å². The maximum Gasteiger partial charge on any atom is 0.129 e. The summed E-state index contributed by atoms with van der Waals surface area (Å²) in [6.07, 6.45) is 4.78. The van der Waals surface area contributed by atoms with Crippen molar-refractivity contribution in [2.24, 2.45) is 0 Å². The third-order valence-electron chi connectivity index (χ3n) is 3.38. The molecule has 1 aliphatic rings. The van der Waals surface area contributed by atoms with Gasteiger partial charge >= 0.3 is 0 Å². The molecule has 3 heteroatoms. The van der Waals surface area contributed by atoms with Crippen LogP contribution in [0.2, 0.25) is 0 Å². The minimum absolute atomic E-state index is 0.774. The fourth-order valence-electron chi connectivity index (χ4n) is 2.51. The van der Waals surface area contributed by atoms with E-state index in [4.69, 9.17) is 5.41 Å². The molecule has 3 rings (SSSR count). The Morgan fingerprint density at radius 2 is 1.88 bits per heavy atom. The maximum absolute atomic E-state index is 8.03. The molecule has 1 heterocycles. The molecular formula is C14H16N2S. The normalized spacial score (nSPS) is 14.6. The van der Waals surface area contributed by atoms with E-state index in [2.05, 4.69) is 28.2 Å². The lowest BCUT2D eigenvalue weighted by Crippen LogP contribution is -2.10. The summed E-state index contributed by atoms with van der Waals surface area (Å²) in [5, 5.41) is 8.03. The minimum Gasteiger partial charge on any atom is -0.296 e. The number of nitrogens with one attached hydrogen (secondary N) is 1. The van der Waals surface area contributed by atoms with Crippen molar-refractivity contribution < 1.29 is 0 Å². The predicted molar refractivity (Wildman–Crippen MR) is 70.3 cm³/mol. The Balaban J connectivity index is 1.96. The van der Waals surface area contributed by atoms with Gasteiger partial charge in [-0.05, 0) is 42.8 Å². The third kappa shape index (κ3) is 2.07. The molecule has 0 spiro atoms.